The maximum atomic E-state index is 12.5. The Morgan fingerprint density at radius 3 is 1.92 bits per heavy atom. The molecule has 0 unspecified atom stereocenters. The monoisotopic (exact) mass is 400 g/mol. The van der Waals surface area contributed by atoms with E-state index >= 15 is 0 Å². The minimum Gasteiger partial charge on any atom is -0.490 e. The Morgan fingerprint density at radius 1 is 0.846 bits per heavy atom. The Morgan fingerprint density at radius 2 is 1.38 bits per heavy atom. The predicted molar refractivity (Wildman–Crippen MR) is 97.4 cm³/mol. The second-order valence-corrected chi connectivity index (χ2v) is 8.39. The first kappa shape index (κ1) is 20.0. The molecule has 0 saturated carbocycles. The van der Waals surface area contributed by atoms with Crippen molar-refractivity contribution in [2.45, 2.75) is 23.6 Å². The van der Waals surface area contributed by atoms with Crippen LogP contribution in [0.3, 0.4) is 0 Å². The van der Waals surface area contributed by atoms with E-state index in [4.69, 9.17) is 14.6 Å². The Balaban J connectivity index is 2.30. The zero-order valence-electron chi connectivity index (χ0n) is 14.3. The van der Waals surface area contributed by atoms with E-state index in [9.17, 15) is 16.8 Å². The zero-order chi connectivity index (χ0) is 19.4. The SMILES string of the molecule is CCOc1ccc(NS(=O)(=O)c2ccc(S(N)(=O)=O)cc2)cc1OCC. The van der Waals surface area contributed by atoms with Crippen LogP contribution in [0, 0.1) is 0 Å². The van der Waals surface area contributed by atoms with E-state index in [2.05, 4.69) is 4.72 Å². The second kappa shape index (κ2) is 7.94. The largest absolute Gasteiger partial charge is 0.490 e. The van der Waals surface area contributed by atoms with Gasteiger partial charge in [-0.15, -0.1) is 0 Å². The third kappa shape index (κ3) is 4.87. The van der Waals surface area contributed by atoms with E-state index in [1.54, 1.807) is 19.1 Å². The fourth-order valence-electron chi connectivity index (χ4n) is 2.14. The lowest BCUT2D eigenvalue weighted by Crippen LogP contribution is -2.15. The molecule has 3 N–H and O–H groups in total. The highest BCUT2D eigenvalue weighted by Gasteiger charge is 2.17. The van der Waals surface area contributed by atoms with Gasteiger partial charge in [0.05, 0.1) is 28.7 Å². The number of anilines is 1. The molecule has 0 bridgehead atoms. The molecule has 8 nitrogen and oxygen atoms in total. The highest BCUT2D eigenvalue weighted by molar-refractivity contribution is 7.92. The molecule has 0 atom stereocenters. The van der Waals surface area contributed by atoms with Crippen LogP contribution >= 0.6 is 0 Å². The summed E-state index contributed by atoms with van der Waals surface area (Å²) < 4.78 is 60.8. The molecule has 0 aromatic heterocycles. The quantitative estimate of drug-likeness (QED) is 0.697. The highest BCUT2D eigenvalue weighted by Crippen LogP contribution is 2.31. The Hall–Kier alpha value is -2.30. The maximum absolute atomic E-state index is 12.5. The number of hydrogen-bond acceptors (Lipinski definition) is 6. The van der Waals surface area contributed by atoms with Gasteiger partial charge >= 0.3 is 0 Å². The van der Waals surface area contributed by atoms with E-state index in [0.717, 1.165) is 12.1 Å². The molecule has 0 saturated heterocycles. The summed E-state index contributed by atoms with van der Waals surface area (Å²) >= 11 is 0. The van der Waals surface area contributed by atoms with Gasteiger partial charge in [-0.1, -0.05) is 0 Å². The molecule has 10 heteroatoms. The number of nitrogens with one attached hydrogen (secondary N) is 1. The summed E-state index contributed by atoms with van der Waals surface area (Å²) in [5.41, 5.74) is 0.285. The smallest absolute Gasteiger partial charge is 0.261 e. The second-order valence-electron chi connectivity index (χ2n) is 5.15. The fourth-order valence-corrected chi connectivity index (χ4v) is 3.70. The molecule has 0 aliphatic heterocycles. The van der Waals surface area contributed by atoms with Crippen molar-refractivity contribution in [3.8, 4) is 11.5 Å². The normalized spacial score (nSPS) is 11.8. The summed E-state index contributed by atoms with van der Waals surface area (Å²) in [4.78, 5) is -0.270. The molecule has 0 radical (unpaired) electrons. The number of hydrogen-bond donors (Lipinski definition) is 2. The summed E-state index contributed by atoms with van der Waals surface area (Å²) in [5, 5.41) is 5.00. The summed E-state index contributed by atoms with van der Waals surface area (Å²) in [7, 11) is -7.81. The predicted octanol–water partition coefficient (Wildman–Crippen LogP) is 1.93. The van der Waals surface area contributed by atoms with Crippen molar-refractivity contribution in [2.24, 2.45) is 5.14 Å². The van der Waals surface area contributed by atoms with Gasteiger partial charge in [0.2, 0.25) is 10.0 Å². The average molecular weight is 400 g/mol. The Bertz CT molecular complexity index is 970. The average Bonchev–Trinajstić information content (AvgIpc) is 2.57. The van der Waals surface area contributed by atoms with Crippen molar-refractivity contribution < 1.29 is 26.3 Å². The van der Waals surface area contributed by atoms with Gasteiger partial charge in [-0.3, -0.25) is 4.72 Å². The van der Waals surface area contributed by atoms with Crippen LogP contribution in [0.15, 0.2) is 52.3 Å². The number of nitrogens with two attached hydrogens (primary N) is 1. The first-order valence-corrected chi connectivity index (χ1v) is 10.8. The number of ether oxygens (including phenoxy) is 2. The van der Waals surface area contributed by atoms with Crippen LogP contribution in [0.1, 0.15) is 13.8 Å². The maximum Gasteiger partial charge on any atom is 0.261 e. The first-order chi connectivity index (χ1) is 12.2. The molecular formula is C16H20N2O6S2. The summed E-state index contributed by atoms with van der Waals surface area (Å²) in [6.45, 7) is 4.48. The summed E-state index contributed by atoms with van der Waals surface area (Å²) in [6.07, 6.45) is 0. The number of sulfonamides is 2. The Labute approximate surface area is 153 Å². The number of rotatable bonds is 8. The van der Waals surface area contributed by atoms with Crippen molar-refractivity contribution in [2.75, 3.05) is 17.9 Å². The lowest BCUT2D eigenvalue weighted by molar-refractivity contribution is 0.288. The Kier molecular flexibility index (Phi) is 6.11. The van der Waals surface area contributed by atoms with Gasteiger partial charge in [0.1, 0.15) is 0 Å². The van der Waals surface area contributed by atoms with E-state index in [1.807, 2.05) is 6.92 Å². The van der Waals surface area contributed by atoms with Gasteiger partial charge in [0, 0.05) is 6.07 Å². The minimum atomic E-state index is -3.91. The van der Waals surface area contributed by atoms with Gasteiger partial charge in [-0.05, 0) is 50.2 Å². The van der Waals surface area contributed by atoms with Crippen molar-refractivity contribution in [1.82, 2.24) is 0 Å². The molecule has 142 valence electrons. The first-order valence-electron chi connectivity index (χ1n) is 7.72. The van der Waals surface area contributed by atoms with Gasteiger partial charge in [-0.2, -0.15) is 0 Å². The standard InChI is InChI=1S/C16H20N2O6S2/c1-3-23-15-10-5-12(11-16(15)24-4-2)18-26(21,22)14-8-6-13(7-9-14)25(17,19)20/h5-11,18H,3-4H2,1-2H3,(H2,17,19,20). The molecule has 0 aliphatic rings. The lowest BCUT2D eigenvalue weighted by Gasteiger charge is -2.14. The molecule has 26 heavy (non-hydrogen) atoms. The fraction of sp³-hybridized carbons (Fsp3) is 0.250. The van der Waals surface area contributed by atoms with Crippen LogP contribution < -0.4 is 19.3 Å². The molecule has 2 rings (SSSR count). The molecule has 0 aliphatic carbocycles. The van der Waals surface area contributed by atoms with Crippen molar-refractivity contribution in [1.29, 1.82) is 0 Å². The number of benzene rings is 2. The van der Waals surface area contributed by atoms with Crippen LogP contribution in [-0.4, -0.2) is 30.0 Å². The van der Waals surface area contributed by atoms with E-state index in [-0.39, 0.29) is 15.5 Å². The van der Waals surface area contributed by atoms with E-state index in [1.165, 1.54) is 18.2 Å². The highest BCUT2D eigenvalue weighted by atomic mass is 32.2. The molecule has 2 aromatic carbocycles. The zero-order valence-corrected chi connectivity index (χ0v) is 15.9. The lowest BCUT2D eigenvalue weighted by atomic mass is 10.3. The van der Waals surface area contributed by atoms with Crippen LogP contribution in [0.2, 0.25) is 0 Å². The van der Waals surface area contributed by atoms with E-state index < -0.39 is 20.0 Å². The van der Waals surface area contributed by atoms with Crippen LogP contribution in [0.5, 0.6) is 11.5 Å². The van der Waals surface area contributed by atoms with Gasteiger partial charge in [0.15, 0.2) is 11.5 Å². The molecule has 0 fully saturated rings. The van der Waals surface area contributed by atoms with Crippen molar-refractivity contribution >= 4 is 25.7 Å². The van der Waals surface area contributed by atoms with E-state index in [0.29, 0.717) is 24.7 Å². The number of primary sulfonamides is 1. The molecular weight excluding hydrogens is 380 g/mol. The van der Waals surface area contributed by atoms with Crippen molar-refractivity contribution in [3.63, 3.8) is 0 Å². The summed E-state index contributed by atoms with van der Waals surface area (Å²) in [6, 6.07) is 9.27. The van der Waals surface area contributed by atoms with Crippen LogP contribution in [-0.2, 0) is 20.0 Å². The van der Waals surface area contributed by atoms with Crippen LogP contribution in [0.25, 0.3) is 0 Å². The van der Waals surface area contributed by atoms with Gasteiger partial charge in [0.25, 0.3) is 10.0 Å². The molecule has 2 aromatic rings. The van der Waals surface area contributed by atoms with Crippen LogP contribution in [0.4, 0.5) is 5.69 Å². The summed E-state index contributed by atoms with van der Waals surface area (Å²) in [5.74, 6) is 0.925. The molecule has 0 spiro atoms. The van der Waals surface area contributed by atoms with Gasteiger partial charge in [-0.25, -0.2) is 22.0 Å². The van der Waals surface area contributed by atoms with Crippen molar-refractivity contribution in [3.05, 3.63) is 42.5 Å². The van der Waals surface area contributed by atoms with Gasteiger partial charge < -0.3 is 9.47 Å². The molecule has 0 heterocycles. The molecule has 0 amide bonds. The third-order valence-corrected chi connectivity index (χ3v) is 5.58. The third-order valence-electron chi connectivity index (χ3n) is 3.26. The minimum absolute atomic E-state index is 0.100. The topological polar surface area (TPSA) is 125 Å².